The minimum absolute atomic E-state index is 0.0650. The Balaban J connectivity index is 1.80. The zero-order chi connectivity index (χ0) is 19.1. The van der Waals surface area contributed by atoms with Crippen LogP contribution in [0.4, 0.5) is 5.69 Å². The van der Waals surface area contributed by atoms with E-state index in [1.807, 2.05) is 35.8 Å². The third kappa shape index (κ3) is 3.08. The molecule has 2 heterocycles. The van der Waals surface area contributed by atoms with Gasteiger partial charge < -0.3 is 14.6 Å². The molecule has 0 saturated carbocycles. The highest BCUT2D eigenvalue weighted by molar-refractivity contribution is 6.35. The van der Waals surface area contributed by atoms with Crippen molar-refractivity contribution in [3.05, 3.63) is 69.0 Å². The standard InChI is InChI=1S/C21H19ClN2O3/c1-3-13-4-6-14(7-5-13)23-21(26)15-11-24-10-12(2)27-17-9-8-16(22)18(19(17)24)20(15)25/h4-9,11-12H,3,10H2,1-2H3,(H,23,26). The average Bonchev–Trinajstić information content (AvgIpc) is 2.66. The van der Waals surface area contributed by atoms with Gasteiger partial charge in [-0.15, -0.1) is 0 Å². The van der Waals surface area contributed by atoms with Gasteiger partial charge in [-0.05, 0) is 43.2 Å². The Kier molecular flexibility index (Phi) is 4.40. The number of carbonyl (C=O) groups excluding carboxylic acids is 1. The Morgan fingerprint density at radius 2 is 2.00 bits per heavy atom. The molecule has 6 heteroatoms. The minimum atomic E-state index is -0.449. The van der Waals surface area contributed by atoms with Gasteiger partial charge in [0.15, 0.2) is 0 Å². The van der Waals surface area contributed by atoms with Crippen molar-refractivity contribution in [2.45, 2.75) is 32.9 Å². The van der Waals surface area contributed by atoms with E-state index in [9.17, 15) is 9.59 Å². The Labute approximate surface area is 161 Å². The van der Waals surface area contributed by atoms with Crippen LogP contribution in [0.15, 0.2) is 47.4 Å². The average molecular weight is 383 g/mol. The van der Waals surface area contributed by atoms with Gasteiger partial charge in [0.2, 0.25) is 5.43 Å². The number of pyridine rings is 1. The number of aromatic nitrogens is 1. The van der Waals surface area contributed by atoms with Crippen molar-refractivity contribution >= 4 is 34.1 Å². The summed E-state index contributed by atoms with van der Waals surface area (Å²) in [5, 5.41) is 3.43. The van der Waals surface area contributed by atoms with Gasteiger partial charge in [0.05, 0.1) is 22.5 Å². The maximum atomic E-state index is 13.0. The number of benzene rings is 2. The zero-order valence-corrected chi connectivity index (χ0v) is 15.8. The molecular weight excluding hydrogens is 364 g/mol. The summed E-state index contributed by atoms with van der Waals surface area (Å²) >= 11 is 6.29. The quantitative estimate of drug-likeness (QED) is 0.736. The number of rotatable bonds is 3. The van der Waals surface area contributed by atoms with E-state index in [-0.39, 0.29) is 11.7 Å². The van der Waals surface area contributed by atoms with Crippen LogP contribution in [-0.4, -0.2) is 16.6 Å². The molecule has 0 saturated heterocycles. The van der Waals surface area contributed by atoms with Crippen LogP contribution in [0.1, 0.15) is 29.8 Å². The molecular formula is C21H19ClN2O3. The first-order valence-electron chi connectivity index (χ1n) is 8.90. The third-order valence-electron chi connectivity index (χ3n) is 4.78. The molecule has 1 aliphatic heterocycles. The highest BCUT2D eigenvalue weighted by Crippen LogP contribution is 2.33. The maximum Gasteiger partial charge on any atom is 0.261 e. The van der Waals surface area contributed by atoms with Crippen LogP contribution < -0.4 is 15.5 Å². The third-order valence-corrected chi connectivity index (χ3v) is 5.10. The molecule has 2 aromatic carbocycles. The van der Waals surface area contributed by atoms with E-state index in [1.54, 1.807) is 18.3 Å². The molecule has 0 spiro atoms. The highest BCUT2D eigenvalue weighted by atomic mass is 35.5. The summed E-state index contributed by atoms with van der Waals surface area (Å²) in [6.07, 6.45) is 2.45. The molecule has 1 atom stereocenters. The lowest BCUT2D eigenvalue weighted by molar-refractivity contribution is 0.102. The van der Waals surface area contributed by atoms with Crippen LogP contribution in [0.25, 0.3) is 10.9 Å². The maximum absolute atomic E-state index is 13.0. The van der Waals surface area contributed by atoms with Crippen LogP contribution in [0.3, 0.4) is 0 Å². The molecule has 27 heavy (non-hydrogen) atoms. The summed E-state index contributed by atoms with van der Waals surface area (Å²) < 4.78 is 7.69. The molecule has 1 unspecified atom stereocenters. The summed E-state index contributed by atoms with van der Waals surface area (Å²) in [5.74, 6) is 0.155. The molecule has 0 bridgehead atoms. The van der Waals surface area contributed by atoms with E-state index in [1.165, 1.54) is 5.56 Å². The number of nitrogens with zero attached hydrogens (tertiary/aromatic N) is 1. The van der Waals surface area contributed by atoms with Crippen LogP contribution in [0, 0.1) is 0 Å². The fraction of sp³-hybridized carbons (Fsp3) is 0.238. The van der Waals surface area contributed by atoms with Gasteiger partial charge in [-0.25, -0.2) is 0 Å². The number of hydrogen-bond acceptors (Lipinski definition) is 3. The van der Waals surface area contributed by atoms with Gasteiger partial charge in [-0.1, -0.05) is 30.7 Å². The Morgan fingerprint density at radius 1 is 1.26 bits per heavy atom. The minimum Gasteiger partial charge on any atom is -0.487 e. The van der Waals surface area contributed by atoms with Gasteiger partial charge in [0.25, 0.3) is 5.91 Å². The van der Waals surface area contributed by atoms with Gasteiger partial charge in [0.1, 0.15) is 17.4 Å². The number of halogens is 1. The molecule has 0 fully saturated rings. The molecule has 1 amide bonds. The first kappa shape index (κ1) is 17.6. The Morgan fingerprint density at radius 3 is 2.70 bits per heavy atom. The van der Waals surface area contributed by atoms with Crippen molar-refractivity contribution in [2.24, 2.45) is 0 Å². The highest BCUT2D eigenvalue weighted by Gasteiger charge is 2.24. The van der Waals surface area contributed by atoms with Crippen molar-refractivity contribution in [1.82, 2.24) is 4.57 Å². The molecule has 1 aromatic heterocycles. The van der Waals surface area contributed by atoms with Crippen molar-refractivity contribution in [3.63, 3.8) is 0 Å². The van der Waals surface area contributed by atoms with Gasteiger partial charge in [-0.2, -0.15) is 0 Å². The second-order valence-electron chi connectivity index (χ2n) is 6.73. The lowest BCUT2D eigenvalue weighted by Crippen LogP contribution is -2.30. The number of carbonyl (C=O) groups is 1. The lowest BCUT2D eigenvalue weighted by atomic mass is 10.1. The van der Waals surface area contributed by atoms with Crippen molar-refractivity contribution in [1.29, 1.82) is 0 Å². The molecule has 0 radical (unpaired) electrons. The second kappa shape index (κ2) is 6.74. The van der Waals surface area contributed by atoms with Crippen LogP contribution in [-0.2, 0) is 13.0 Å². The smallest absolute Gasteiger partial charge is 0.261 e. The predicted octanol–water partition coefficient (Wildman–Crippen LogP) is 4.25. The second-order valence-corrected chi connectivity index (χ2v) is 7.13. The van der Waals surface area contributed by atoms with Crippen LogP contribution in [0.5, 0.6) is 5.75 Å². The van der Waals surface area contributed by atoms with Crippen molar-refractivity contribution in [3.8, 4) is 5.75 Å². The van der Waals surface area contributed by atoms with E-state index in [0.29, 0.717) is 33.9 Å². The number of amides is 1. The molecule has 4 rings (SSSR count). The normalized spacial score (nSPS) is 15.4. The molecule has 138 valence electrons. The fourth-order valence-electron chi connectivity index (χ4n) is 3.42. The topological polar surface area (TPSA) is 60.3 Å². The monoisotopic (exact) mass is 382 g/mol. The molecule has 0 aliphatic carbocycles. The summed E-state index contributed by atoms with van der Waals surface area (Å²) in [5.41, 5.74) is 2.13. The predicted molar refractivity (Wildman–Crippen MR) is 107 cm³/mol. The Hall–Kier alpha value is -2.79. The summed E-state index contributed by atoms with van der Waals surface area (Å²) in [7, 11) is 0. The molecule has 3 aromatic rings. The SMILES string of the molecule is CCc1ccc(NC(=O)c2cn3c4c(ccc(Cl)c4c2=O)OC(C)C3)cc1. The van der Waals surface area contributed by atoms with Crippen molar-refractivity contribution in [2.75, 3.05) is 5.32 Å². The lowest BCUT2D eigenvalue weighted by Gasteiger charge is -2.26. The van der Waals surface area contributed by atoms with Gasteiger partial charge >= 0.3 is 0 Å². The number of aryl methyl sites for hydroxylation is 1. The molecule has 1 aliphatic rings. The van der Waals surface area contributed by atoms with Crippen molar-refractivity contribution < 1.29 is 9.53 Å². The Bertz CT molecular complexity index is 1100. The number of nitrogens with one attached hydrogen (secondary N) is 1. The van der Waals surface area contributed by atoms with Crippen LogP contribution >= 0.6 is 11.6 Å². The van der Waals surface area contributed by atoms with E-state index >= 15 is 0 Å². The van der Waals surface area contributed by atoms with Crippen LogP contribution in [0.2, 0.25) is 5.02 Å². The van der Waals surface area contributed by atoms with E-state index in [0.717, 1.165) is 6.42 Å². The summed E-state index contributed by atoms with van der Waals surface area (Å²) in [4.78, 5) is 25.8. The molecule has 5 nitrogen and oxygen atoms in total. The first-order chi connectivity index (χ1) is 13.0. The zero-order valence-electron chi connectivity index (χ0n) is 15.1. The number of anilines is 1. The van der Waals surface area contributed by atoms with E-state index in [4.69, 9.17) is 16.3 Å². The van der Waals surface area contributed by atoms with Gasteiger partial charge in [0, 0.05) is 11.9 Å². The fourth-order valence-corrected chi connectivity index (χ4v) is 3.65. The largest absolute Gasteiger partial charge is 0.487 e. The first-order valence-corrected chi connectivity index (χ1v) is 9.28. The number of hydrogen-bond donors (Lipinski definition) is 1. The van der Waals surface area contributed by atoms with Gasteiger partial charge in [-0.3, -0.25) is 9.59 Å². The number of ether oxygens (including phenoxy) is 1. The van der Waals surface area contributed by atoms with E-state index < -0.39 is 11.3 Å². The summed E-state index contributed by atoms with van der Waals surface area (Å²) in [6, 6.07) is 11.0. The van der Waals surface area contributed by atoms with E-state index in [2.05, 4.69) is 12.2 Å². The summed E-state index contributed by atoms with van der Waals surface area (Å²) in [6.45, 7) is 4.55. The molecule has 1 N–H and O–H groups in total.